The molecule has 7 nitrogen and oxygen atoms in total. The van der Waals surface area contributed by atoms with Gasteiger partial charge in [-0.05, 0) is 34.6 Å². The molecule has 0 aliphatic rings. The summed E-state index contributed by atoms with van der Waals surface area (Å²) in [4.78, 5) is 30.7. The highest BCUT2D eigenvalue weighted by molar-refractivity contribution is 7.99. The van der Waals surface area contributed by atoms with Crippen LogP contribution < -0.4 is 4.87 Å². The molecule has 2 N–H and O–H groups in total. The van der Waals surface area contributed by atoms with Gasteiger partial charge in [0.15, 0.2) is 11.0 Å². The molecule has 5 rings (SSSR count). The Labute approximate surface area is 203 Å². The molecule has 34 heavy (non-hydrogen) atoms. The molecule has 2 aromatic heterocycles. The number of nitrogens with zero attached hydrogens (tertiary/aromatic N) is 3. The number of hydrogen-bond donors (Lipinski definition) is 2. The maximum Gasteiger partial charge on any atom is 0.337 e. The van der Waals surface area contributed by atoms with Gasteiger partial charge >= 0.3 is 10.8 Å². The number of aromatic carboxylic acids is 1. The van der Waals surface area contributed by atoms with Crippen molar-refractivity contribution in [2.24, 2.45) is 0 Å². The fraction of sp³-hybridized carbons (Fsp3) is 0.120. The SMILES string of the molecule is CCSc1nc2cccc(C(=O)O)c2n1Cc1ccc(-c2ccccc2-c2nsc(=O)[nH]2)cc1. The lowest BCUT2D eigenvalue weighted by molar-refractivity contribution is 0.0698. The molecule has 9 heteroatoms. The summed E-state index contributed by atoms with van der Waals surface area (Å²) in [6.07, 6.45) is 0. The van der Waals surface area contributed by atoms with Crippen molar-refractivity contribution in [1.82, 2.24) is 18.9 Å². The van der Waals surface area contributed by atoms with Crippen molar-refractivity contribution in [2.45, 2.75) is 18.6 Å². The Balaban J connectivity index is 1.53. The van der Waals surface area contributed by atoms with Gasteiger partial charge in [-0.3, -0.25) is 9.78 Å². The number of para-hydroxylation sites is 1. The van der Waals surface area contributed by atoms with Crippen molar-refractivity contribution in [2.75, 3.05) is 5.75 Å². The number of benzene rings is 3. The molecular weight excluding hydrogens is 468 g/mol. The number of thioether (sulfide) groups is 1. The molecule has 0 aliphatic heterocycles. The zero-order valence-electron chi connectivity index (χ0n) is 18.2. The molecule has 0 bridgehead atoms. The second-order valence-corrected chi connectivity index (χ2v) is 9.55. The molecule has 170 valence electrons. The number of carbonyl (C=O) groups is 1. The van der Waals surface area contributed by atoms with E-state index in [9.17, 15) is 14.7 Å². The van der Waals surface area contributed by atoms with Crippen LogP contribution in [0.1, 0.15) is 22.8 Å². The van der Waals surface area contributed by atoms with Crippen molar-refractivity contribution in [3.63, 3.8) is 0 Å². The number of carboxylic acids is 1. The summed E-state index contributed by atoms with van der Waals surface area (Å²) in [5, 5.41) is 10.5. The molecule has 0 saturated carbocycles. The Kier molecular flexibility index (Phi) is 6.04. The van der Waals surface area contributed by atoms with E-state index in [1.807, 2.05) is 66.1 Å². The minimum atomic E-state index is -0.966. The molecular formula is C25H20N4O3S2. The second-order valence-electron chi connectivity index (χ2n) is 7.58. The van der Waals surface area contributed by atoms with Gasteiger partial charge in [-0.1, -0.05) is 73.3 Å². The van der Waals surface area contributed by atoms with Gasteiger partial charge in [-0.25, -0.2) is 9.78 Å². The van der Waals surface area contributed by atoms with Crippen LogP contribution in [0, 0.1) is 0 Å². The first-order valence-corrected chi connectivity index (χ1v) is 12.4. The quantitative estimate of drug-likeness (QED) is 0.299. The number of aromatic nitrogens is 4. The minimum absolute atomic E-state index is 0.186. The Morgan fingerprint density at radius 2 is 1.82 bits per heavy atom. The van der Waals surface area contributed by atoms with Gasteiger partial charge in [0.1, 0.15) is 0 Å². The van der Waals surface area contributed by atoms with Crippen molar-refractivity contribution >= 4 is 40.3 Å². The Hall–Kier alpha value is -3.69. The summed E-state index contributed by atoms with van der Waals surface area (Å²) >= 11 is 2.50. The number of hydrogen-bond acceptors (Lipinski definition) is 6. The van der Waals surface area contributed by atoms with E-state index in [2.05, 4.69) is 14.3 Å². The summed E-state index contributed by atoms with van der Waals surface area (Å²) in [5.41, 5.74) is 5.42. The minimum Gasteiger partial charge on any atom is -0.478 e. The first-order valence-electron chi connectivity index (χ1n) is 10.6. The average Bonchev–Trinajstić information content (AvgIpc) is 3.43. The van der Waals surface area contributed by atoms with Crippen LogP contribution in [0.3, 0.4) is 0 Å². The number of rotatable bonds is 7. The van der Waals surface area contributed by atoms with Gasteiger partial charge in [-0.15, -0.1) is 0 Å². The van der Waals surface area contributed by atoms with E-state index in [1.165, 1.54) is 0 Å². The average molecular weight is 489 g/mol. The zero-order valence-corrected chi connectivity index (χ0v) is 19.8. The normalized spacial score (nSPS) is 11.2. The standard InChI is InChI=1S/C25H20N4O3S2/c1-2-33-24-26-20-9-5-8-19(23(30)31)21(20)29(24)14-15-10-12-16(13-11-15)17-6-3-4-7-18(17)22-27-25(32)34-28-22/h3-13H,2,14H2,1H3,(H,30,31)(H,27,28,32). The summed E-state index contributed by atoms with van der Waals surface area (Å²) in [6, 6.07) is 21.1. The van der Waals surface area contributed by atoms with E-state index < -0.39 is 5.97 Å². The van der Waals surface area contributed by atoms with Crippen LogP contribution in [0.2, 0.25) is 0 Å². The predicted molar refractivity (Wildman–Crippen MR) is 136 cm³/mol. The monoisotopic (exact) mass is 488 g/mol. The van der Waals surface area contributed by atoms with Crippen molar-refractivity contribution < 1.29 is 9.90 Å². The molecule has 2 heterocycles. The molecule has 0 unspecified atom stereocenters. The molecule has 0 aliphatic carbocycles. The molecule has 0 fully saturated rings. The number of carboxylic acid groups (broad SMARTS) is 1. The van der Waals surface area contributed by atoms with Gasteiger partial charge in [0, 0.05) is 17.1 Å². The van der Waals surface area contributed by atoms with Crippen LogP contribution in [0.25, 0.3) is 33.5 Å². The first-order chi connectivity index (χ1) is 16.5. The van der Waals surface area contributed by atoms with Gasteiger partial charge in [0.2, 0.25) is 0 Å². The van der Waals surface area contributed by atoms with E-state index in [0.29, 0.717) is 23.4 Å². The summed E-state index contributed by atoms with van der Waals surface area (Å²) in [6.45, 7) is 2.55. The Bertz CT molecular complexity index is 1550. The third-order valence-electron chi connectivity index (χ3n) is 5.46. The third kappa shape index (κ3) is 4.15. The Morgan fingerprint density at radius 1 is 1.06 bits per heavy atom. The third-order valence-corrected chi connectivity index (χ3v) is 6.86. The highest BCUT2D eigenvalue weighted by atomic mass is 32.2. The van der Waals surface area contributed by atoms with E-state index in [-0.39, 0.29) is 10.4 Å². The number of fused-ring (bicyclic) bond motifs is 1. The second kappa shape index (κ2) is 9.28. The molecule has 0 amide bonds. The lowest BCUT2D eigenvalue weighted by Gasteiger charge is -2.12. The van der Waals surface area contributed by atoms with Crippen LogP contribution in [-0.2, 0) is 6.54 Å². The lowest BCUT2D eigenvalue weighted by atomic mass is 9.98. The number of nitrogens with one attached hydrogen (secondary N) is 1. The summed E-state index contributed by atoms with van der Waals surface area (Å²) in [5.74, 6) is 0.425. The fourth-order valence-corrected chi connectivity index (χ4v) is 5.18. The number of imidazole rings is 1. The van der Waals surface area contributed by atoms with Gasteiger partial charge in [-0.2, -0.15) is 4.37 Å². The zero-order chi connectivity index (χ0) is 23.7. The summed E-state index contributed by atoms with van der Waals surface area (Å²) < 4.78 is 6.21. The summed E-state index contributed by atoms with van der Waals surface area (Å²) in [7, 11) is 0. The van der Waals surface area contributed by atoms with Crippen molar-refractivity contribution in [3.8, 4) is 22.5 Å². The lowest BCUT2D eigenvalue weighted by Crippen LogP contribution is -2.06. The maximum absolute atomic E-state index is 11.9. The van der Waals surface area contributed by atoms with E-state index in [0.717, 1.165) is 44.7 Å². The van der Waals surface area contributed by atoms with E-state index >= 15 is 0 Å². The van der Waals surface area contributed by atoms with Gasteiger partial charge in [0.25, 0.3) is 0 Å². The molecule has 0 saturated heterocycles. The maximum atomic E-state index is 11.9. The topological polar surface area (TPSA) is 101 Å². The van der Waals surface area contributed by atoms with Crippen LogP contribution in [0.5, 0.6) is 0 Å². The number of aromatic amines is 1. The first kappa shape index (κ1) is 22.1. The number of H-pyrrole nitrogens is 1. The predicted octanol–water partition coefficient (Wildman–Crippen LogP) is 5.37. The molecule has 0 atom stereocenters. The van der Waals surface area contributed by atoms with E-state index in [1.54, 1.807) is 23.9 Å². The van der Waals surface area contributed by atoms with Crippen LogP contribution in [0.15, 0.2) is 76.7 Å². The molecule has 5 aromatic rings. The van der Waals surface area contributed by atoms with Gasteiger partial charge in [0.05, 0.1) is 23.1 Å². The molecule has 0 radical (unpaired) electrons. The fourth-order valence-electron chi connectivity index (χ4n) is 3.98. The highest BCUT2D eigenvalue weighted by Crippen LogP contribution is 2.31. The van der Waals surface area contributed by atoms with Gasteiger partial charge < -0.3 is 9.67 Å². The van der Waals surface area contributed by atoms with Crippen LogP contribution in [0.4, 0.5) is 0 Å². The van der Waals surface area contributed by atoms with Crippen LogP contribution >= 0.6 is 23.3 Å². The van der Waals surface area contributed by atoms with E-state index in [4.69, 9.17) is 0 Å². The molecule has 0 spiro atoms. The highest BCUT2D eigenvalue weighted by Gasteiger charge is 2.18. The van der Waals surface area contributed by atoms with Crippen molar-refractivity contribution in [1.29, 1.82) is 0 Å². The van der Waals surface area contributed by atoms with Crippen LogP contribution in [-0.4, -0.2) is 35.7 Å². The van der Waals surface area contributed by atoms with Crippen molar-refractivity contribution in [3.05, 3.63) is 87.5 Å². The largest absolute Gasteiger partial charge is 0.478 e. The smallest absolute Gasteiger partial charge is 0.337 e. The molecule has 3 aromatic carbocycles. The Morgan fingerprint density at radius 3 is 2.50 bits per heavy atom.